The molecule has 2 aromatic rings. The maximum atomic E-state index is 12.2. The number of rotatable bonds is 7. The molecule has 0 heterocycles. The maximum absolute atomic E-state index is 12.2. The minimum atomic E-state index is -3.30. The summed E-state index contributed by atoms with van der Waals surface area (Å²) in [6.07, 6.45) is 0. The van der Waals surface area contributed by atoms with E-state index >= 15 is 0 Å². The lowest BCUT2D eigenvalue weighted by molar-refractivity contribution is -0.120. The number of ketones is 1. The van der Waals surface area contributed by atoms with Crippen LogP contribution in [-0.4, -0.2) is 26.8 Å². The van der Waals surface area contributed by atoms with Crippen LogP contribution in [0, 0.1) is 0 Å². The summed E-state index contributed by atoms with van der Waals surface area (Å²) in [4.78, 5) is 22.5. The molecule has 0 bridgehead atoms. The van der Waals surface area contributed by atoms with Crippen LogP contribution in [0.3, 0.4) is 0 Å². The molecule has 0 saturated heterocycles. The van der Waals surface area contributed by atoms with Crippen molar-refractivity contribution in [1.82, 2.24) is 0 Å². The fourth-order valence-corrected chi connectivity index (χ4v) is 3.62. The van der Waals surface area contributed by atoms with Gasteiger partial charge in [-0.1, -0.05) is 42.5 Å². The van der Waals surface area contributed by atoms with E-state index in [1.165, 1.54) is 19.1 Å². The Morgan fingerprint density at radius 3 is 1.96 bits per heavy atom. The molecule has 0 aliphatic carbocycles. The Hall–Kier alpha value is -2.47. The van der Waals surface area contributed by atoms with Gasteiger partial charge in [0.25, 0.3) is 0 Å². The quantitative estimate of drug-likeness (QED) is 0.720. The van der Waals surface area contributed by atoms with Crippen LogP contribution in [0.15, 0.2) is 54.6 Å². The molecule has 0 aliphatic heterocycles. The average molecular weight is 346 g/mol. The van der Waals surface area contributed by atoms with Gasteiger partial charge < -0.3 is 4.74 Å². The van der Waals surface area contributed by atoms with Crippen molar-refractivity contribution in [3.63, 3.8) is 0 Å². The van der Waals surface area contributed by atoms with E-state index in [9.17, 15) is 18.0 Å². The minimum absolute atomic E-state index is 0.0315. The molecule has 2 aromatic carbocycles. The van der Waals surface area contributed by atoms with E-state index in [2.05, 4.69) is 0 Å². The van der Waals surface area contributed by atoms with Crippen molar-refractivity contribution in [2.45, 2.75) is 18.4 Å². The largest absolute Gasteiger partial charge is 0.454 e. The van der Waals surface area contributed by atoms with Crippen LogP contribution in [0.1, 0.15) is 28.4 Å². The van der Waals surface area contributed by atoms with Crippen LogP contribution < -0.4 is 0 Å². The standard InChI is InChI=1S/C18H18O5S/c1-14(19)11-23-18(20)17-9-7-16(8-10-17)13-24(21,22)12-15-5-3-2-4-6-15/h2-10H,11-13H2,1H3. The van der Waals surface area contributed by atoms with Gasteiger partial charge in [-0.25, -0.2) is 13.2 Å². The van der Waals surface area contributed by atoms with Crippen LogP contribution in [0.5, 0.6) is 0 Å². The van der Waals surface area contributed by atoms with Crippen LogP contribution in [0.2, 0.25) is 0 Å². The first-order chi connectivity index (χ1) is 11.4. The molecule has 0 atom stereocenters. The molecule has 0 amide bonds. The van der Waals surface area contributed by atoms with Gasteiger partial charge >= 0.3 is 5.97 Å². The fourth-order valence-electron chi connectivity index (χ4n) is 2.12. The molecule has 0 N–H and O–H groups in total. The molecular formula is C18H18O5S. The summed E-state index contributed by atoms with van der Waals surface area (Å²) in [6.45, 7) is 1.06. The first-order valence-electron chi connectivity index (χ1n) is 7.35. The van der Waals surface area contributed by atoms with Gasteiger partial charge in [0.1, 0.15) is 6.61 Å². The van der Waals surface area contributed by atoms with Crippen molar-refractivity contribution in [3.05, 3.63) is 71.3 Å². The maximum Gasteiger partial charge on any atom is 0.338 e. The Bertz CT molecular complexity index is 808. The van der Waals surface area contributed by atoms with Gasteiger partial charge in [0.15, 0.2) is 15.6 Å². The highest BCUT2D eigenvalue weighted by atomic mass is 32.2. The Labute approximate surface area is 141 Å². The highest BCUT2D eigenvalue weighted by Crippen LogP contribution is 2.14. The average Bonchev–Trinajstić information content (AvgIpc) is 2.53. The van der Waals surface area contributed by atoms with Gasteiger partial charge in [0.2, 0.25) is 0 Å². The zero-order chi connectivity index (χ0) is 17.6. The van der Waals surface area contributed by atoms with Gasteiger partial charge in [0, 0.05) is 0 Å². The van der Waals surface area contributed by atoms with Crippen molar-refractivity contribution in [1.29, 1.82) is 0 Å². The number of esters is 1. The van der Waals surface area contributed by atoms with E-state index in [0.29, 0.717) is 5.56 Å². The van der Waals surface area contributed by atoms with Crippen molar-refractivity contribution < 1.29 is 22.7 Å². The lowest BCUT2D eigenvalue weighted by Crippen LogP contribution is -2.12. The van der Waals surface area contributed by atoms with Gasteiger partial charge in [-0.15, -0.1) is 0 Å². The SMILES string of the molecule is CC(=O)COC(=O)c1ccc(CS(=O)(=O)Cc2ccccc2)cc1. The van der Waals surface area contributed by atoms with Crippen LogP contribution in [0.4, 0.5) is 0 Å². The first kappa shape index (κ1) is 17.9. The minimum Gasteiger partial charge on any atom is -0.454 e. The second-order valence-electron chi connectivity index (χ2n) is 5.49. The third-order valence-corrected chi connectivity index (χ3v) is 4.76. The number of sulfone groups is 1. The third-order valence-electron chi connectivity index (χ3n) is 3.21. The molecule has 0 aromatic heterocycles. The van der Waals surface area contributed by atoms with Crippen LogP contribution in [-0.2, 0) is 30.9 Å². The van der Waals surface area contributed by atoms with Crippen molar-refractivity contribution in [3.8, 4) is 0 Å². The lowest BCUT2D eigenvalue weighted by Gasteiger charge is -2.06. The van der Waals surface area contributed by atoms with E-state index in [4.69, 9.17) is 4.74 Å². The summed E-state index contributed by atoms with van der Waals surface area (Å²) in [6, 6.07) is 15.1. The Morgan fingerprint density at radius 1 is 0.875 bits per heavy atom. The fraction of sp³-hybridized carbons (Fsp3) is 0.222. The highest BCUT2D eigenvalue weighted by molar-refractivity contribution is 7.89. The smallest absolute Gasteiger partial charge is 0.338 e. The zero-order valence-corrected chi connectivity index (χ0v) is 14.1. The molecule has 2 rings (SSSR count). The second-order valence-corrected chi connectivity index (χ2v) is 7.56. The van der Waals surface area contributed by atoms with Crippen LogP contribution >= 0.6 is 0 Å². The van der Waals surface area contributed by atoms with E-state index in [1.807, 2.05) is 6.07 Å². The van der Waals surface area contributed by atoms with Gasteiger partial charge in [-0.3, -0.25) is 4.79 Å². The molecule has 0 unspecified atom stereocenters. The molecule has 5 nitrogen and oxygen atoms in total. The highest BCUT2D eigenvalue weighted by Gasteiger charge is 2.14. The van der Waals surface area contributed by atoms with Crippen molar-refractivity contribution >= 4 is 21.6 Å². The number of ether oxygens (including phenoxy) is 1. The summed E-state index contributed by atoms with van der Waals surface area (Å²) in [7, 11) is -3.30. The third kappa shape index (κ3) is 5.62. The number of hydrogen-bond acceptors (Lipinski definition) is 5. The molecule has 0 spiro atoms. The van der Waals surface area contributed by atoms with E-state index < -0.39 is 15.8 Å². The lowest BCUT2D eigenvalue weighted by atomic mass is 10.1. The van der Waals surface area contributed by atoms with E-state index in [1.54, 1.807) is 36.4 Å². The molecule has 0 aliphatic rings. The molecule has 6 heteroatoms. The number of hydrogen-bond donors (Lipinski definition) is 0. The Balaban J connectivity index is 2.00. The molecule has 0 saturated carbocycles. The van der Waals surface area contributed by atoms with Gasteiger partial charge in [0.05, 0.1) is 17.1 Å². The van der Waals surface area contributed by atoms with Crippen molar-refractivity contribution in [2.24, 2.45) is 0 Å². The number of Topliss-reactive ketones (excluding diaryl/α,β-unsaturated/α-hetero) is 1. The topological polar surface area (TPSA) is 77.5 Å². The summed E-state index contributed by atoms with van der Waals surface area (Å²) >= 11 is 0. The Kier molecular flexibility index (Phi) is 5.87. The summed E-state index contributed by atoms with van der Waals surface area (Å²) in [5.74, 6) is -0.989. The first-order valence-corrected chi connectivity index (χ1v) is 9.18. The van der Waals surface area contributed by atoms with Crippen LogP contribution in [0.25, 0.3) is 0 Å². The monoisotopic (exact) mass is 346 g/mol. The predicted octanol–water partition coefficient (Wildman–Crippen LogP) is 2.55. The molecule has 24 heavy (non-hydrogen) atoms. The summed E-state index contributed by atoms with van der Waals surface area (Å²) in [5.41, 5.74) is 1.61. The van der Waals surface area contributed by atoms with E-state index in [-0.39, 0.29) is 29.5 Å². The predicted molar refractivity (Wildman–Crippen MR) is 90.2 cm³/mol. The zero-order valence-electron chi connectivity index (χ0n) is 13.3. The van der Waals surface area contributed by atoms with Gasteiger partial charge in [-0.05, 0) is 30.2 Å². The van der Waals surface area contributed by atoms with Crippen molar-refractivity contribution in [2.75, 3.05) is 6.61 Å². The van der Waals surface area contributed by atoms with Gasteiger partial charge in [-0.2, -0.15) is 0 Å². The Morgan fingerprint density at radius 2 is 1.42 bits per heavy atom. The second kappa shape index (κ2) is 7.88. The molecule has 0 fully saturated rings. The number of carbonyl (C=O) groups is 2. The molecular weight excluding hydrogens is 328 g/mol. The molecule has 0 radical (unpaired) electrons. The number of benzene rings is 2. The molecule has 126 valence electrons. The van der Waals surface area contributed by atoms with E-state index in [0.717, 1.165) is 5.56 Å². The normalized spacial score (nSPS) is 11.0. The summed E-state index contributed by atoms with van der Waals surface area (Å²) < 4.78 is 29.3. The summed E-state index contributed by atoms with van der Waals surface area (Å²) in [5, 5.41) is 0. The number of carbonyl (C=O) groups excluding carboxylic acids is 2.